The van der Waals surface area contributed by atoms with Crippen LogP contribution in [-0.2, 0) is 27.5 Å². The highest BCUT2D eigenvalue weighted by Gasteiger charge is 2.20. The number of esters is 1. The summed E-state index contributed by atoms with van der Waals surface area (Å²) in [6.45, 7) is 5.84. The largest absolute Gasteiger partial charge is 0.459 e. The lowest BCUT2D eigenvalue weighted by molar-refractivity contribution is -0.145. The van der Waals surface area contributed by atoms with Crippen LogP contribution in [0.3, 0.4) is 0 Å². The van der Waals surface area contributed by atoms with Gasteiger partial charge in [0.2, 0.25) is 5.91 Å². The van der Waals surface area contributed by atoms with Crippen molar-refractivity contribution in [2.75, 3.05) is 4.90 Å². The Kier molecular flexibility index (Phi) is 6.93. The molecule has 0 aliphatic rings. The number of nitrogens with zero attached hydrogens (tertiary/aromatic N) is 3. The quantitative estimate of drug-likeness (QED) is 0.335. The van der Waals surface area contributed by atoms with E-state index in [1.165, 1.54) is 22.8 Å². The van der Waals surface area contributed by atoms with Gasteiger partial charge in [-0.25, -0.2) is 9.78 Å². The number of benzene rings is 2. The zero-order valence-electron chi connectivity index (χ0n) is 19.2. The summed E-state index contributed by atoms with van der Waals surface area (Å²) in [6.07, 6.45) is 0.598. The Hall–Kier alpha value is -3.72. The number of hydrogen-bond donors (Lipinski definition) is 0. The standard InChI is InChI=1S/C25H25N3O5S/c1-16-8-6-10-20(17(16)2)28(18(3)29)24-26-19(15-34-24)14-32-23(30)12-7-13-27-21-9-4-5-11-22(21)33-25(27)31/h4-6,8-11,15H,7,12-14H2,1-3H3. The Labute approximate surface area is 200 Å². The molecule has 0 bridgehead atoms. The predicted molar refractivity (Wildman–Crippen MR) is 130 cm³/mol. The van der Waals surface area contributed by atoms with Crippen molar-refractivity contribution in [1.82, 2.24) is 9.55 Å². The molecule has 176 valence electrons. The van der Waals surface area contributed by atoms with Crippen molar-refractivity contribution in [3.63, 3.8) is 0 Å². The van der Waals surface area contributed by atoms with E-state index in [1.807, 2.05) is 38.1 Å². The topological polar surface area (TPSA) is 94.6 Å². The summed E-state index contributed by atoms with van der Waals surface area (Å²) < 4.78 is 12.1. The smallest absolute Gasteiger partial charge is 0.419 e. The van der Waals surface area contributed by atoms with Crippen molar-refractivity contribution in [1.29, 1.82) is 0 Å². The predicted octanol–water partition coefficient (Wildman–Crippen LogP) is 4.88. The summed E-state index contributed by atoms with van der Waals surface area (Å²) in [7, 11) is 0. The van der Waals surface area contributed by atoms with E-state index in [0.29, 0.717) is 34.9 Å². The number of fused-ring (bicyclic) bond motifs is 1. The van der Waals surface area contributed by atoms with Gasteiger partial charge in [0.15, 0.2) is 10.7 Å². The average molecular weight is 480 g/mol. The summed E-state index contributed by atoms with van der Waals surface area (Å²) >= 11 is 1.32. The lowest BCUT2D eigenvalue weighted by Gasteiger charge is -2.21. The summed E-state index contributed by atoms with van der Waals surface area (Å²) in [5.74, 6) is -0.967. The average Bonchev–Trinajstić information content (AvgIpc) is 3.39. The molecule has 2 aromatic carbocycles. The van der Waals surface area contributed by atoms with E-state index in [-0.39, 0.29) is 24.9 Å². The van der Waals surface area contributed by atoms with Gasteiger partial charge in [0.1, 0.15) is 6.61 Å². The van der Waals surface area contributed by atoms with Gasteiger partial charge >= 0.3 is 11.7 Å². The minimum absolute atomic E-state index is 0.0163. The highest BCUT2D eigenvalue weighted by Crippen LogP contribution is 2.32. The van der Waals surface area contributed by atoms with Crippen LogP contribution < -0.4 is 10.7 Å². The van der Waals surface area contributed by atoms with Gasteiger partial charge in [-0.3, -0.25) is 19.1 Å². The van der Waals surface area contributed by atoms with Crippen molar-refractivity contribution in [2.45, 2.75) is 46.8 Å². The normalized spacial score (nSPS) is 11.0. The minimum Gasteiger partial charge on any atom is -0.459 e. The second kappa shape index (κ2) is 10.0. The Morgan fingerprint density at radius 3 is 2.74 bits per heavy atom. The van der Waals surface area contributed by atoms with Crippen molar-refractivity contribution >= 4 is 45.1 Å². The first-order chi connectivity index (χ1) is 16.3. The Bertz CT molecular complexity index is 1400. The van der Waals surface area contributed by atoms with Crippen LogP contribution in [0.25, 0.3) is 11.1 Å². The lowest BCUT2D eigenvalue weighted by atomic mass is 10.1. The zero-order chi connectivity index (χ0) is 24.2. The van der Waals surface area contributed by atoms with E-state index in [2.05, 4.69) is 4.98 Å². The number of aryl methyl sites for hydroxylation is 2. The van der Waals surface area contributed by atoms with Crippen LogP contribution in [0.5, 0.6) is 0 Å². The van der Waals surface area contributed by atoms with Crippen LogP contribution in [0.15, 0.2) is 57.1 Å². The van der Waals surface area contributed by atoms with Crippen LogP contribution in [0.2, 0.25) is 0 Å². The molecule has 9 heteroatoms. The molecule has 2 heterocycles. The van der Waals surface area contributed by atoms with Gasteiger partial charge in [-0.2, -0.15) is 0 Å². The molecule has 4 aromatic rings. The molecule has 34 heavy (non-hydrogen) atoms. The fourth-order valence-corrected chi connectivity index (χ4v) is 4.55. The SMILES string of the molecule is CC(=O)N(c1nc(COC(=O)CCCn2c(=O)oc3ccccc32)cs1)c1cccc(C)c1C. The lowest BCUT2D eigenvalue weighted by Crippen LogP contribution is -2.23. The van der Waals surface area contributed by atoms with Crippen LogP contribution in [-0.4, -0.2) is 21.4 Å². The monoisotopic (exact) mass is 479 g/mol. The number of aromatic nitrogens is 2. The van der Waals surface area contributed by atoms with Gasteiger partial charge < -0.3 is 9.15 Å². The molecule has 0 aliphatic heterocycles. The molecule has 0 saturated carbocycles. The number of carbonyl (C=O) groups excluding carboxylic acids is 2. The molecule has 0 unspecified atom stereocenters. The van der Waals surface area contributed by atoms with E-state index >= 15 is 0 Å². The van der Waals surface area contributed by atoms with Gasteiger partial charge in [-0.15, -0.1) is 11.3 Å². The molecule has 4 rings (SSSR count). The highest BCUT2D eigenvalue weighted by molar-refractivity contribution is 7.14. The first-order valence-electron chi connectivity index (χ1n) is 10.9. The van der Waals surface area contributed by atoms with Crippen LogP contribution in [0, 0.1) is 13.8 Å². The van der Waals surface area contributed by atoms with Crippen molar-refractivity contribution < 1.29 is 18.7 Å². The molecule has 0 saturated heterocycles. The van der Waals surface area contributed by atoms with Crippen molar-refractivity contribution in [3.05, 3.63) is 75.2 Å². The molecule has 8 nitrogen and oxygen atoms in total. The number of anilines is 2. The van der Waals surface area contributed by atoms with E-state index in [4.69, 9.17) is 9.15 Å². The first-order valence-corrected chi connectivity index (χ1v) is 11.8. The van der Waals surface area contributed by atoms with E-state index in [1.54, 1.807) is 28.5 Å². The number of amides is 1. The number of oxazole rings is 1. The second-order valence-electron chi connectivity index (χ2n) is 7.95. The molecule has 1 amide bonds. The summed E-state index contributed by atoms with van der Waals surface area (Å²) in [5.41, 5.74) is 4.67. The summed E-state index contributed by atoms with van der Waals surface area (Å²) in [5, 5.41) is 2.30. The molecule has 0 N–H and O–H groups in total. The van der Waals surface area contributed by atoms with Gasteiger partial charge in [-0.1, -0.05) is 24.3 Å². The van der Waals surface area contributed by atoms with Gasteiger partial charge in [0, 0.05) is 25.3 Å². The molecule has 2 aromatic heterocycles. The summed E-state index contributed by atoms with van der Waals surface area (Å²) in [4.78, 5) is 42.7. The third-order valence-corrected chi connectivity index (χ3v) is 6.45. The van der Waals surface area contributed by atoms with E-state index < -0.39 is 5.76 Å². The third kappa shape index (κ3) is 4.94. The zero-order valence-corrected chi connectivity index (χ0v) is 20.1. The van der Waals surface area contributed by atoms with Gasteiger partial charge in [0.05, 0.1) is 16.9 Å². The fraction of sp³-hybridized carbons (Fsp3) is 0.280. The third-order valence-electron chi connectivity index (χ3n) is 5.58. The van der Waals surface area contributed by atoms with Crippen LogP contribution in [0.4, 0.5) is 10.8 Å². The molecule has 0 fully saturated rings. The van der Waals surface area contributed by atoms with Crippen molar-refractivity contribution in [3.8, 4) is 0 Å². The fourth-order valence-electron chi connectivity index (χ4n) is 3.68. The highest BCUT2D eigenvalue weighted by atomic mass is 32.1. The van der Waals surface area contributed by atoms with E-state index in [0.717, 1.165) is 16.8 Å². The second-order valence-corrected chi connectivity index (χ2v) is 8.78. The molecule has 0 radical (unpaired) electrons. The summed E-state index contributed by atoms with van der Waals surface area (Å²) in [6, 6.07) is 13.0. The molecule has 0 atom stereocenters. The minimum atomic E-state index is -0.441. The van der Waals surface area contributed by atoms with Crippen molar-refractivity contribution in [2.24, 2.45) is 0 Å². The number of carbonyl (C=O) groups is 2. The number of thiazole rings is 1. The maximum atomic E-state index is 12.4. The number of rotatable bonds is 8. The molecular formula is C25H25N3O5S. The maximum Gasteiger partial charge on any atom is 0.419 e. The first kappa shape index (κ1) is 23.4. The Morgan fingerprint density at radius 1 is 1.15 bits per heavy atom. The molecule has 0 aliphatic carbocycles. The Morgan fingerprint density at radius 2 is 1.94 bits per heavy atom. The number of ether oxygens (including phenoxy) is 1. The molecular weight excluding hydrogens is 454 g/mol. The van der Waals surface area contributed by atoms with Gasteiger partial charge in [0.25, 0.3) is 0 Å². The Balaban J connectivity index is 1.34. The maximum absolute atomic E-state index is 12.4. The van der Waals surface area contributed by atoms with E-state index in [9.17, 15) is 14.4 Å². The molecule has 0 spiro atoms. The van der Waals surface area contributed by atoms with Crippen LogP contribution >= 0.6 is 11.3 Å². The van der Waals surface area contributed by atoms with Crippen LogP contribution in [0.1, 0.15) is 36.6 Å². The number of para-hydroxylation sites is 2. The number of hydrogen-bond acceptors (Lipinski definition) is 7. The van der Waals surface area contributed by atoms with Gasteiger partial charge in [-0.05, 0) is 49.6 Å².